The summed E-state index contributed by atoms with van der Waals surface area (Å²) >= 11 is 0. The number of aliphatic carboxylic acids is 1. The second-order valence-corrected chi connectivity index (χ2v) is 9.83. The van der Waals surface area contributed by atoms with Crippen LogP contribution in [-0.2, 0) is 26.0 Å². The molecule has 0 spiro atoms. The molecule has 11 heteroatoms. The summed E-state index contributed by atoms with van der Waals surface area (Å²) in [5, 5.41) is 12.5. The lowest BCUT2D eigenvalue weighted by Crippen LogP contribution is -2.43. The van der Waals surface area contributed by atoms with E-state index in [4.69, 9.17) is 14.6 Å². The zero-order valence-electron chi connectivity index (χ0n) is 19.3. The van der Waals surface area contributed by atoms with Gasteiger partial charge < -0.3 is 24.8 Å². The van der Waals surface area contributed by atoms with Crippen LogP contribution in [0.5, 0.6) is 5.75 Å². The number of hydrogen-bond donors (Lipinski definition) is 2. The highest BCUT2D eigenvalue weighted by Gasteiger charge is 2.23. The molecule has 10 nitrogen and oxygen atoms in total. The fraction of sp³-hybridized carbons (Fsp3) is 0.333. The number of carboxylic acid groups (broad SMARTS) is 1. The Hall–Kier alpha value is -3.57. The Morgan fingerprint density at radius 1 is 1.11 bits per heavy atom. The molecule has 35 heavy (non-hydrogen) atoms. The fourth-order valence-corrected chi connectivity index (χ4v) is 5.32. The largest absolute Gasteiger partial charge is 0.494 e. The number of hydrogen-bond acceptors (Lipinski definition) is 6. The minimum atomic E-state index is -4.01. The van der Waals surface area contributed by atoms with Crippen molar-refractivity contribution in [2.45, 2.75) is 24.7 Å². The summed E-state index contributed by atoms with van der Waals surface area (Å²) in [5.41, 5.74) is 1.49. The van der Waals surface area contributed by atoms with Crippen LogP contribution in [0, 0.1) is 0 Å². The molecule has 2 amide bonds. The highest BCUT2D eigenvalue weighted by Crippen LogP contribution is 2.30. The van der Waals surface area contributed by atoms with Gasteiger partial charge in [-0.2, -0.15) is 0 Å². The van der Waals surface area contributed by atoms with E-state index in [-0.39, 0.29) is 23.8 Å². The third kappa shape index (κ3) is 5.41. The third-order valence-corrected chi connectivity index (χ3v) is 7.39. The number of carbonyl (C=O) groups is 2. The van der Waals surface area contributed by atoms with Crippen LogP contribution in [0.25, 0.3) is 10.9 Å². The first-order valence-corrected chi connectivity index (χ1v) is 12.7. The van der Waals surface area contributed by atoms with Gasteiger partial charge in [0, 0.05) is 42.8 Å². The summed E-state index contributed by atoms with van der Waals surface area (Å²) in [4.78, 5) is 25.2. The van der Waals surface area contributed by atoms with Gasteiger partial charge >= 0.3 is 12.0 Å². The number of aromatic nitrogens is 1. The summed E-state index contributed by atoms with van der Waals surface area (Å²) in [5.74, 6) is -0.449. The van der Waals surface area contributed by atoms with Crippen molar-refractivity contribution in [3.8, 4) is 5.75 Å². The third-order valence-electron chi connectivity index (χ3n) is 5.71. The number of nitrogens with zero attached hydrogens (tertiary/aromatic N) is 2. The lowest BCUT2D eigenvalue weighted by atomic mass is 10.1. The first-order valence-electron chi connectivity index (χ1n) is 11.3. The van der Waals surface area contributed by atoms with Gasteiger partial charge in [-0.05, 0) is 55.3 Å². The maximum absolute atomic E-state index is 13.5. The van der Waals surface area contributed by atoms with E-state index in [9.17, 15) is 18.0 Å². The number of ether oxygens (including phenoxy) is 2. The summed E-state index contributed by atoms with van der Waals surface area (Å²) in [7, 11) is -4.01. The van der Waals surface area contributed by atoms with Crippen LogP contribution in [0.1, 0.15) is 18.9 Å². The molecule has 1 aliphatic heterocycles. The molecular weight excluding hydrogens is 474 g/mol. The molecule has 0 bridgehead atoms. The maximum atomic E-state index is 13.5. The summed E-state index contributed by atoms with van der Waals surface area (Å²) < 4.78 is 39.0. The van der Waals surface area contributed by atoms with Crippen molar-refractivity contribution in [1.29, 1.82) is 0 Å². The van der Waals surface area contributed by atoms with Gasteiger partial charge in [0.25, 0.3) is 10.0 Å². The van der Waals surface area contributed by atoms with E-state index in [2.05, 4.69) is 5.32 Å². The van der Waals surface area contributed by atoms with Crippen LogP contribution in [0.3, 0.4) is 0 Å². The van der Waals surface area contributed by atoms with Gasteiger partial charge in [0.1, 0.15) is 5.75 Å². The van der Waals surface area contributed by atoms with Crippen LogP contribution in [-0.4, -0.2) is 67.3 Å². The van der Waals surface area contributed by atoms with Crippen molar-refractivity contribution in [2.24, 2.45) is 0 Å². The Kier molecular flexibility index (Phi) is 7.27. The molecule has 1 fully saturated rings. The lowest BCUT2D eigenvalue weighted by molar-refractivity contribution is -0.136. The molecule has 1 aliphatic rings. The zero-order chi connectivity index (χ0) is 25.0. The first-order chi connectivity index (χ1) is 16.8. The Labute approximate surface area is 203 Å². The van der Waals surface area contributed by atoms with Crippen LogP contribution in [0.2, 0.25) is 0 Å². The van der Waals surface area contributed by atoms with Crippen molar-refractivity contribution in [3.05, 3.63) is 54.2 Å². The second-order valence-electron chi connectivity index (χ2n) is 8.01. The Bertz CT molecular complexity index is 1330. The zero-order valence-corrected chi connectivity index (χ0v) is 20.1. The molecule has 3 aromatic rings. The molecule has 2 aromatic carbocycles. The SMILES string of the molecule is CCOc1ccc2c(CCC(=O)O)cn(S(=O)(=O)c3ccc(NC(=O)N4CCOCC4)cc3)c2c1. The highest BCUT2D eigenvalue weighted by molar-refractivity contribution is 7.90. The van der Waals surface area contributed by atoms with Gasteiger partial charge in [0.2, 0.25) is 0 Å². The van der Waals surface area contributed by atoms with Gasteiger partial charge in [-0.3, -0.25) is 4.79 Å². The van der Waals surface area contributed by atoms with E-state index in [1.807, 2.05) is 6.92 Å². The number of nitrogens with one attached hydrogen (secondary N) is 1. The molecule has 0 aliphatic carbocycles. The van der Waals surface area contributed by atoms with E-state index >= 15 is 0 Å². The second kappa shape index (κ2) is 10.4. The standard InChI is InChI=1S/C24H27N3O7S/c1-2-34-19-6-9-21-17(3-10-23(28)29)16-27(22(21)15-19)35(31,32)20-7-4-18(5-8-20)25-24(30)26-11-13-33-14-12-26/h4-9,15-16H,2-3,10-14H2,1H3,(H,25,30)(H,28,29). The minimum absolute atomic E-state index is 0.0327. The quantitative estimate of drug-likeness (QED) is 0.485. The van der Waals surface area contributed by atoms with Crippen LogP contribution < -0.4 is 10.1 Å². The molecule has 1 aromatic heterocycles. The van der Waals surface area contributed by atoms with Gasteiger partial charge in [-0.1, -0.05) is 0 Å². The van der Waals surface area contributed by atoms with E-state index in [0.717, 1.165) is 3.97 Å². The van der Waals surface area contributed by atoms with Crippen molar-refractivity contribution in [2.75, 3.05) is 38.2 Å². The van der Waals surface area contributed by atoms with Crippen LogP contribution in [0.15, 0.2) is 53.6 Å². The molecule has 0 unspecified atom stereocenters. The van der Waals surface area contributed by atoms with Crippen molar-refractivity contribution in [3.63, 3.8) is 0 Å². The summed E-state index contributed by atoms with van der Waals surface area (Å²) in [6.45, 7) is 4.20. The lowest BCUT2D eigenvalue weighted by Gasteiger charge is -2.26. The molecule has 0 atom stereocenters. The van der Waals surface area contributed by atoms with Crippen LogP contribution in [0.4, 0.5) is 10.5 Å². The molecule has 4 rings (SSSR count). The number of rotatable bonds is 8. The number of morpholine rings is 1. The average Bonchev–Trinajstić information content (AvgIpc) is 3.22. The number of carboxylic acids is 1. The van der Waals surface area contributed by atoms with Gasteiger partial charge in [0.05, 0.1) is 30.2 Å². The Morgan fingerprint density at radius 3 is 2.49 bits per heavy atom. The highest BCUT2D eigenvalue weighted by atomic mass is 32.2. The molecule has 2 N–H and O–H groups in total. The van der Waals surface area contributed by atoms with E-state index in [1.165, 1.54) is 30.5 Å². The first kappa shape index (κ1) is 24.6. The van der Waals surface area contributed by atoms with Crippen LogP contribution >= 0.6 is 0 Å². The summed E-state index contributed by atoms with van der Waals surface area (Å²) in [6, 6.07) is 10.8. The van der Waals surface area contributed by atoms with Crippen molar-refractivity contribution in [1.82, 2.24) is 8.87 Å². The molecule has 1 saturated heterocycles. The predicted octanol–water partition coefficient (Wildman–Crippen LogP) is 3.16. The number of urea groups is 1. The van der Waals surface area contributed by atoms with Crippen molar-refractivity contribution >= 4 is 38.6 Å². The number of benzene rings is 2. The molecule has 0 radical (unpaired) electrons. The Balaban J connectivity index is 1.64. The number of fused-ring (bicyclic) bond motifs is 1. The van der Waals surface area contributed by atoms with Crippen molar-refractivity contribution < 1.29 is 32.6 Å². The van der Waals surface area contributed by atoms with Gasteiger partial charge in [-0.15, -0.1) is 0 Å². The van der Waals surface area contributed by atoms with Gasteiger partial charge in [0.15, 0.2) is 0 Å². The van der Waals surface area contributed by atoms with E-state index < -0.39 is 16.0 Å². The topological polar surface area (TPSA) is 127 Å². The fourth-order valence-electron chi connectivity index (χ4n) is 3.93. The molecular formula is C24H27N3O7S. The average molecular weight is 502 g/mol. The van der Waals surface area contributed by atoms with Gasteiger partial charge in [-0.25, -0.2) is 17.2 Å². The minimum Gasteiger partial charge on any atom is -0.494 e. The molecule has 0 saturated carbocycles. The summed E-state index contributed by atoms with van der Waals surface area (Å²) in [6.07, 6.45) is 1.53. The normalized spacial score (nSPS) is 14.1. The monoisotopic (exact) mass is 501 g/mol. The number of amides is 2. The number of aryl methyl sites for hydroxylation is 1. The number of carbonyl (C=O) groups excluding carboxylic acids is 1. The smallest absolute Gasteiger partial charge is 0.321 e. The Morgan fingerprint density at radius 2 is 1.83 bits per heavy atom. The predicted molar refractivity (Wildman–Crippen MR) is 130 cm³/mol. The molecule has 186 valence electrons. The molecule has 2 heterocycles. The van der Waals surface area contributed by atoms with E-state index in [0.29, 0.717) is 60.8 Å². The van der Waals surface area contributed by atoms with E-state index in [1.54, 1.807) is 23.1 Å². The maximum Gasteiger partial charge on any atom is 0.321 e. The number of anilines is 1.